The van der Waals surface area contributed by atoms with Crippen molar-refractivity contribution in [1.29, 1.82) is 0 Å². The molecule has 0 heterocycles. The van der Waals surface area contributed by atoms with Gasteiger partial charge in [-0.3, -0.25) is 4.79 Å². The van der Waals surface area contributed by atoms with Gasteiger partial charge in [-0.25, -0.2) is 0 Å². The van der Waals surface area contributed by atoms with E-state index in [1.165, 1.54) is 0 Å². The topological polar surface area (TPSA) is 75.4 Å². The quantitative estimate of drug-likeness (QED) is 0.502. The number of rotatable bonds is 7. The van der Waals surface area contributed by atoms with E-state index in [0.29, 0.717) is 18.7 Å². The van der Waals surface area contributed by atoms with E-state index in [0.717, 1.165) is 25.7 Å². The second kappa shape index (κ2) is 7.68. The van der Waals surface area contributed by atoms with Crippen LogP contribution >= 0.6 is 0 Å². The van der Waals surface area contributed by atoms with E-state index in [4.69, 9.17) is 5.73 Å². The van der Waals surface area contributed by atoms with Crippen LogP contribution in [-0.2, 0) is 4.79 Å². The highest BCUT2D eigenvalue weighted by atomic mass is 16.3. The van der Waals surface area contributed by atoms with Crippen LogP contribution in [0.1, 0.15) is 32.1 Å². The van der Waals surface area contributed by atoms with E-state index in [9.17, 15) is 9.90 Å². The molecule has 0 fully saturated rings. The fraction of sp³-hybridized carbons (Fsp3) is 0.462. The molecule has 0 radical (unpaired) electrons. The van der Waals surface area contributed by atoms with Crippen LogP contribution in [0.3, 0.4) is 0 Å². The lowest BCUT2D eigenvalue weighted by atomic mass is 10.1. The van der Waals surface area contributed by atoms with E-state index in [1.54, 1.807) is 24.3 Å². The normalized spacial score (nSPS) is 10.2. The fourth-order valence-corrected chi connectivity index (χ4v) is 1.58. The van der Waals surface area contributed by atoms with Gasteiger partial charge in [0.1, 0.15) is 5.75 Å². The monoisotopic (exact) mass is 236 g/mol. The third kappa shape index (κ3) is 5.36. The molecule has 0 unspecified atom stereocenters. The van der Waals surface area contributed by atoms with Gasteiger partial charge in [0.2, 0.25) is 5.91 Å². The maximum Gasteiger partial charge on any atom is 0.224 e. The van der Waals surface area contributed by atoms with Gasteiger partial charge in [-0.2, -0.15) is 0 Å². The zero-order valence-corrected chi connectivity index (χ0v) is 9.98. The number of anilines is 1. The predicted molar refractivity (Wildman–Crippen MR) is 68.9 cm³/mol. The summed E-state index contributed by atoms with van der Waals surface area (Å²) in [5.41, 5.74) is 5.85. The Morgan fingerprint density at radius 2 is 1.88 bits per heavy atom. The van der Waals surface area contributed by atoms with Crippen LogP contribution in [0, 0.1) is 0 Å². The van der Waals surface area contributed by atoms with E-state index in [-0.39, 0.29) is 11.7 Å². The first-order chi connectivity index (χ1) is 8.24. The summed E-state index contributed by atoms with van der Waals surface area (Å²) in [4.78, 5) is 11.6. The minimum absolute atomic E-state index is 0.0563. The highest BCUT2D eigenvalue weighted by Crippen LogP contribution is 2.21. The molecule has 1 amide bonds. The number of benzene rings is 1. The summed E-state index contributed by atoms with van der Waals surface area (Å²) < 4.78 is 0. The number of phenols is 1. The Labute approximate surface area is 102 Å². The minimum atomic E-state index is -0.0563. The van der Waals surface area contributed by atoms with Gasteiger partial charge >= 0.3 is 0 Å². The summed E-state index contributed by atoms with van der Waals surface area (Å²) in [6, 6.07) is 6.73. The van der Waals surface area contributed by atoms with Gasteiger partial charge in [-0.15, -0.1) is 0 Å². The lowest BCUT2D eigenvalue weighted by molar-refractivity contribution is -0.116. The van der Waals surface area contributed by atoms with Gasteiger partial charge in [0.05, 0.1) is 5.69 Å². The molecule has 0 spiro atoms. The zero-order chi connectivity index (χ0) is 12.5. The van der Waals surface area contributed by atoms with Crippen LogP contribution in [-0.4, -0.2) is 17.6 Å². The highest BCUT2D eigenvalue weighted by Gasteiger charge is 2.04. The summed E-state index contributed by atoms with van der Waals surface area (Å²) in [5, 5.41) is 12.2. The molecule has 1 rings (SSSR count). The summed E-state index contributed by atoms with van der Waals surface area (Å²) >= 11 is 0. The second-order valence-electron chi connectivity index (χ2n) is 4.02. The van der Waals surface area contributed by atoms with Crippen molar-refractivity contribution in [3.05, 3.63) is 24.3 Å². The molecule has 4 N–H and O–H groups in total. The number of hydrogen-bond donors (Lipinski definition) is 3. The summed E-state index contributed by atoms with van der Waals surface area (Å²) in [7, 11) is 0. The van der Waals surface area contributed by atoms with E-state index < -0.39 is 0 Å². The number of carbonyl (C=O) groups excluding carboxylic acids is 1. The molecule has 94 valence electrons. The number of amides is 1. The molecule has 1 aromatic rings. The van der Waals surface area contributed by atoms with Crippen LogP contribution in [0.5, 0.6) is 5.75 Å². The first kappa shape index (κ1) is 13.5. The smallest absolute Gasteiger partial charge is 0.224 e. The number of para-hydroxylation sites is 2. The lowest BCUT2D eigenvalue weighted by Gasteiger charge is -2.06. The molecule has 0 saturated heterocycles. The number of hydrogen-bond acceptors (Lipinski definition) is 3. The molecule has 0 bridgehead atoms. The first-order valence-electron chi connectivity index (χ1n) is 6.02. The molecule has 0 aliphatic carbocycles. The molecule has 0 aromatic heterocycles. The largest absolute Gasteiger partial charge is 0.506 e. The summed E-state index contributed by atoms with van der Waals surface area (Å²) in [6.45, 7) is 0.712. The number of carbonyl (C=O) groups is 1. The second-order valence-corrected chi connectivity index (χ2v) is 4.02. The standard InChI is InChI=1S/C13H20N2O2/c14-10-6-2-1-3-9-13(17)15-11-7-4-5-8-12(11)16/h4-5,7-8,16H,1-3,6,9-10,14H2,(H,15,17). The number of phenolic OH excluding ortho intramolecular Hbond substituents is 1. The van der Waals surface area contributed by atoms with Crippen molar-refractivity contribution in [3.63, 3.8) is 0 Å². The van der Waals surface area contributed by atoms with Gasteiger partial charge in [0.25, 0.3) is 0 Å². The number of unbranched alkanes of at least 4 members (excludes halogenated alkanes) is 3. The van der Waals surface area contributed by atoms with E-state index in [2.05, 4.69) is 5.32 Å². The molecule has 0 aliphatic heterocycles. The molecular weight excluding hydrogens is 216 g/mol. The molecule has 4 heteroatoms. The van der Waals surface area contributed by atoms with Crippen LogP contribution in [0.2, 0.25) is 0 Å². The SMILES string of the molecule is NCCCCCCC(=O)Nc1ccccc1O. The van der Waals surface area contributed by atoms with Crippen molar-refractivity contribution < 1.29 is 9.90 Å². The van der Waals surface area contributed by atoms with Gasteiger partial charge in [-0.05, 0) is 31.5 Å². The van der Waals surface area contributed by atoms with E-state index >= 15 is 0 Å². The molecule has 17 heavy (non-hydrogen) atoms. The fourth-order valence-electron chi connectivity index (χ4n) is 1.58. The molecule has 0 atom stereocenters. The number of nitrogens with one attached hydrogen (secondary N) is 1. The van der Waals surface area contributed by atoms with Crippen molar-refractivity contribution in [2.45, 2.75) is 32.1 Å². The van der Waals surface area contributed by atoms with Crippen molar-refractivity contribution in [3.8, 4) is 5.75 Å². The molecule has 0 saturated carbocycles. The molecule has 0 aliphatic rings. The van der Waals surface area contributed by atoms with Crippen molar-refractivity contribution >= 4 is 11.6 Å². The van der Waals surface area contributed by atoms with Crippen LogP contribution in [0.25, 0.3) is 0 Å². The Bertz CT molecular complexity index is 353. The van der Waals surface area contributed by atoms with Crippen LogP contribution in [0.15, 0.2) is 24.3 Å². The third-order valence-corrected chi connectivity index (χ3v) is 2.54. The third-order valence-electron chi connectivity index (χ3n) is 2.54. The Morgan fingerprint density at radius 1 is 1.18 bits per heavy atom. The van der Waals surface area contributed by atoms with Crippen molar-refractivity contribution in [2.24, 2.45) is 5.73 Å². The van der Waals surface area contributed by atoms with Gasteiger partial charge < -0.3 is 16.2 Å². The molecular formula is C13H20N2O2. The molecule has 1 aromatic carbocycles. The van der Waals surface area contributed by atoms with E-state index in [1.807, 2.05) is 0 Å². The Hall–Kier alpha value is -1.55. The highest BCUT2D eigenvalue weighted by molar-refractivity contribution is 5.92. The lowest BCUT2D eigenvalue weighted by Crippen LogP contribution is -2.11. The Kier molecular flexibility index (Phi) is 6.10. The van der Waals surface area contributed by atoms with Gasteiger partial charge in [-0.1, -0.05) is 25.0 Å². The van der Waals surface area contributed by atoms with Crippen molar-refractivity contribution in [2.75, 3.05) is 11.9 Å². The van der Waals surface area contributed by atoms with Crippen LogP contribution in [0.4, 0.5) is 5.69 Å². The van der Waals surface area contributed by atoms with Crippen molar-refractivity contribution in [1.82, 2.24) is 0 Å². The Balaban J connectivity index is 2.23. The maximum atomic E-state index is 11.6. The first-order valence-corrected chi connectivity index (χ1v) is 6.02. The number of nitrogens with two attached hydrogens (primary N) is 1. The van der Waals surface area contributed by atoms with Crippen LogP contribution < -0.4 is 11.1 Å². The average Bonchev–Trinajstić information content (AvgIpc) is 2.32. The maximum absolute atomic E-state index is 11.6. The van der Waals surface area contributed by atoms with Gasteiger partial charge in [0.15, 0.2) is 0 Å². The summed E-state index contributed by atoms with van der Waals surface area (Å²) in [5.74, 6) is 0.0447. The van der Waals surface area contributed by atoms with Gasteiger partial charge in [0, 0.05) is 6.42 Å². The predicted octanol–water partition coefficient (Wildman–Crippen LogP) is 2.24. The average molecular weight is 236 g/mol. The summed E-state index contributed by atoms with van der Waals surface area (Å²) in [6.07, 6.45) is 4.45. The minimum Gasteiger partial charge on any atom is -0.506 e. The Morgan fingerprint density at radius 3 is 2.59 bits per heavy atom. The zero-order valence-electron chi connectivity index (χ0n) is 9.98. The number of aromatic hydroxyl groups is 1. The molecule has 4 nitrogen and oxygen atoms in total.